The Morgan fingerprint density at radius 3 is 2.25 bits per heavy atom. The van der Waals surface area contributed by atoms with Gasteiger partial charge in [0.15, 0.2) is 0 Å². The highest BCUT2D eigenvalue weighted by molar-refractivity contribution is 5.79. The molecule has 0 bridgehead atoms. The average molecular weight is 170 g/mol. The lowest BCUT2D eigenvalue weighted by Gasteiger charge is -2.22. The lowest BCUT2D eigenvalue weighted by molar-refractivity contribution is -0.134. The molecule has 2 atom stereocenters. The van der Waals surface area contributed by atoms with Crippen LogP contribution in [0, 0.1) is 5.92 Å². The molecule has 1 aliphatic heterocycles. The molecule has 1 amide bonds. The smallest absolute Gasteiger partial charge is 0.226 e. The molecule has 3 nitrogen and oxygen atoms in total. The second kappa shape index (κ2) is 3.90. The maximum absolute atomic E-state index is 11.6. The van der Waals surface area contributed by atoms with Crippen molar-refractivity contribution in [3.8, 4) is 0 Å². The topological polar surface area (TPSA) is 46.3 Å². The molecule has 3 heteroatoms. The summed E-state index contributed by atoms with van der Waals surface area (Å²) in [5, 5.41) is 0. The number of hydrogen-bond donors (Lipinski definition) is 1. The lowest BCUT2D eigenvalue weighted by Crippen LogP contribution is -2.40. The van der Waals surface area contributed by atoms with Gasteiger partial charge in [0.1, 0.15) is 0 Å². The fourth-order valence-corrected chi connectivity index (χ4v) is 1.45. The van der Waals surface area contributed by atoms with Crippen LogP contribution in [0.25, 0.3) is 0 Å². The van der Waals surface area contributed by atoms with Crippen LogP contribution in [-0.2, 0) is 4.79 Å². The second-order valence-corrected chi connectivity index (χ2v) is 3.68. The SMILES string of the molecule is CC(N)C(C)C(=O)N1CCCC1. The molecule has 70 valence electrons. The Labute approximate surface area is 73.9 Å². The molecule has 1 aliphatic rings. The van der Waals surface area contributed by atoms with Crippen molar-refractivity contribution >= 4 is 5.91 Å². The third-order valence-corrected chi connectivity index (χ3v) is 2.60. The minimum Gasteiger partial charge on any atom is -0.342 e. The Morgan fingerprint density at radius 2 is 1.83 bits per heavy atom. The zero-order chi connectivity index (χ0) is 9.14. The Morgan fingerprint density at radius 1 is 1.33 bits per heavy atom. The number of rotatable bonds is 2. The highest BCUT2D eigenvalue weighted by Crippen LogP contribution is 2.13. The molecular weight excluding hydrogens is 152 g/mol. The summed E-state index contributed by atoms with van der Waals surface area (Å²) in [5.74, 6) is 0.200. The van der Waals surface area contributed by atoms with Gasteiger partial charge in [0.2, 0.25) is 5.91 Å². The van der Waals surface area contributed by atoms with Gasteiger partial charge in [-0.3, -0.25) is 4.79 Å². The van der Waals surface area contributed by atoms with Crippen molar-refractivity contribution < 1.29 is 4.79 Å². The molecule has 0 aliphatic carbocycles. The van der Waals surface area contributed by atoms with Crippen LogP contribution in [0.5, 0.6) is 0 Å². The summed E-state index contributed by atoms with van der Waals surface area (Å²) < 4.78 is 0. The maximum atomic E-state index is 11.6. The fraction of sp³-hybridized carbons (Fsp3) is 0.889. The van der Waals surface area contributed by atoms with Crippen LogP contribution in [-0.4, -0.2) is 29.9 Å². The van der Waals surface area contributed by atoms with Gasteiger partial charge in [0, 0.05) is 19.1 Å². The third kappa shape index (κ3) is 1.97. The first-order chi connectivity index (χ1) is 5.63. The van der Waals surface area contributed by atoms with Gasteiger partial charge in [-0.05, 0) is 19.8 Å². The Hall–Kier alpha value is -0.570. The van der Waals surface area contributed by atoms with Gasteiger partial charge in [0.25, 0.3) is 0 Å². The van der Waals surface area contributed by atoms with Gasteiger partial charge < -0.3 is 10.6 Å². The largest absolute Gasteiger partial charge is 0.342 e. The highest BCUT2D eigenvalue weighted by atomic mass is 16.2. The van der Waals surface area contributed by atoms with E-state index >= 15 is 0 Å². The van der Waals surface area contributed by atoms with Crippen LogP contribution in [0.1, 0.15) is 26.7 Å². The molecule has 1 heterocycles. The predicted octanol–water partition coefficient (Wildman–Crippen LogP) is 0.592. The fourth-order valence-electron chi connectivity index (χ4n) is 1.45. The molecule has 0 saturated carbocycles. The van der Waals surface area contributed by atoms with E-state index in [0.29, 0.717) is 0 Å². The Balaban J connectivity index is 2.45. The van der Waals surface area contributed by atoms with E-state index in [1.54, 1.807) is 0 Å². The average Bonchev–Trinajstić information content (AvgIpc) is 2.53. The van der Waals surface area contributed by atoms with Crippen molar-refractivity contribution in [2.45, 2.75) is 32.7 Å². The van der Waals surface area contributed by atoms with Crippen molar-refractivity contribution in [3.63, 3.8) is 0 Å². The quantitative estimate of drug-likeness (QED) is 0.659. The minimum atomic E-state index is -0.0295. The van der Waals surface area contributed by atoms with Gasteiger partial charge in [-0.1, -0.05) is 6.92 Å². The van der Waals surface area contributed by atoms with E-state index in [9.17, 15) is 4.79 Å². The van der Waals surface area contributed by atoms with Gasteiger partial charge in [-0.25, -0.2) is 0 Å². The number of nitrogens with two attached hydrogens (primary N) is 1. The van der Waals surface area contributed by atoms with E-state index in [1.165, 1.54) is 0 Å². The van der Waals surface area contributed by atoms with Gasteiger partial charge in [-0.15, -0.1) is 0 Å². The highest BCUT2D eigenvalue weighted by Gasteiger charge is 2.24. The zero-order valence-electron chi connectivity index (χ0n) is 7.92. The molecule has 1 rings (SSSR count). The predicted molar refractivity (Wildman–Crippen MR) is 48.6 cm³/mol. The van der Waals surface area contributed by atoms with Gasteiger partial charge >= 0.3 is 0 Å². The van der Waals surface area contributed by atoms with Gasteiger partial charge in [0.05, 0.1) is 5.92 Å². The van der Waals surface area contributed by atoms with Crippen LogP contribution in [0.2, 0.25) is 0 Å². The molecule has 0 spiro atoms. The molecule has 0 aromatic rings. The summed E-state index contributed by atoms with van der Waals surface area (Å²) >= 11 is 0. The first kappa shape index (κ1) is 9.52. The van der Waals surface area contributed by atoms with Crippen molar-refractivity contribution in [2.75, 3.05) is 13.1 Å². The number of nitrogens with zero attached hydrogens (tertiary/aromatic N) is 1. The standard InChI is InChI=1S/C9H18N2O/c1-7(8(2)10)9(12)11-5-3-4-6-11/h7-8H,3-6,10H2,1-2H3. The number of hydrogen-bond acceptors (Lipinski definition) is 2. The van der Waals surface area contributed by atoms with Crippen LogP contribution >= 0.6 is 0 Å². The normalized spacial score (nSPS) is 22.4. The van der Waals surface area contributed by atoms with Crippen molar-refractivity contribution in [1.29, 1.82) is 0 Å². The van der Waals surface area contributed by atoms with Crippen LogP contribution in [0.15, 0.2) is 0 Å². The summed E-state index contributed by atoms with van der Waals surface area (Å²) in [6.45, 7) is 5.65. The Kier molecular flexibility index (Phi) is 3.09. The summed E-state index contributed by atoms with van der Waals surface area (Å²) in [6.07, 6.45) is 2.30. The van der Waals surface area contributed by atoms with Crippen LogP contribution in [0.3, 0.4) is 0 Å². The van der Waals surface area contributed by atoms with E-state index in [-0.39, 0.29) is 17.9 Å². The Bertz CT molecular complexity index is 158. The molecule has 0 aromatic heterocycles. The van der Waals surface area contributed by atoms with Crippen molar-refractivity contribution in [3.05, 3.63) is 0 Å². The number of likely N-dealkylation sites (tertiary alicyclic amines) is 1. The summed E-state index contributed by atoms with van der Waals surface area (Å²) in [5.41, 5.74) is 5.66. The van der Waals surface area contributed by atoms with Crippen LogP contribution < -0.4 is 5.73 Å². The van der Waals surface area contributed by atoms with Crippen molar-refractivity contribution in [1.82, 2.24) is 4.90 Å². The van der Waals surface area contributed by atoms with E-state index in [4.69, 9.17) is 5.73 Å². The summed E-state index contributed by atoms with van der Waals surface area (Å²) in [6, 6.07) is -0.0295. The summed E-state index contributed by atoms with van der Waals surface area (Å²) in [7, 11) is 0. The molecule has 12 heavy (non-hydrogen) atoms. The monoisotopic (exact) mass is 170 g/mol. The van der Waals surface area contributed by atoms with E-state index < -0.39 is 0 Å². The molecule has 0 aromatic carbocycles. The molecular formula is C9H18N2O. The minimum absolute atomic E-state index is 0.0249. The second-order valence-electron chi connectivity index (χ2n) is 3.68. The van der Waals surface area contributed by atoms with E-state index in [0.717, 1.165) is 25.9 Å². The first-order valence-electron chi connectivity index (χ1n) is 4.67. The summed E-state index contributed by atoms with van der Waals surface area (Å²) in [4.78, 5) is 13.6. The maximum Gasteiger partial charge on any atom is 0.226 e. The van der Waals surface area contributed by atoms with Gasteiger partial charge in [-0.2, -0.15) is 0 Å². The number of carbonyl (C=O) groups is 1. The molecule has 1 fully saturated rings. The van der Waals surface area contributed by atoms with E-state index in [1.807, 2.05) is 18.7 Å². The molecule has 2 unspecified atom stereocenters. The lowest BCUT2D eigenvalue weighted by atomic mass is 10.0. The van der Waals surface area contributed by atoms with Crippen molar-refractivity contribution in [2.24, 2.45) is 11.7 Å². The number of carbonyl (C=O) groups excluding carboxylic acids is 1. The number of amides is 1. The molecule has 1 saturated heterocycles. The molecule has 2 N–H and O–H groups in total. The zero-order valence-corrected chi connectivity index (χ0v) is 7.92. The van der Waals surface area contributed by atoms with Crippen LogP contribution in [0.4, 0.5) is 0 Å². The third-order valence-electron chi connectivity index (χ3n) is 2.60. The first-order valence-corrected chi connectivity index (χ1v) is 4.67. The van der Waals surface area contributed by atoms with E-state index in [2.05, 4.69) is 0 Å². The molecule has 0 radical (unpaired) electrons.